The van der Waals surface area contributed by atoms with E-state index in [1.165, 1.54) is 0 Å². The van der Waals surface area contributed by atoms with Gasteiger partial charge in [0.2, 0.25) is 0 Å². The molecule has 0 aliphatic heterocycles. The van der Waals surface area contributed by atoms with E-state index in [9.17, 15) is 0 Å². The second-order valence-corrected chi connectivity index (χ2v) is 14.4. The summed E-state index contributed by atoms with van der Waals surface area (Å²) in [6, 6.07) is 4.35. The Morgan fingerprint density at radius 3 is 1.41 bits per heavy atom. The van der Waals surface area contributed by atoms with Crippen molar-refractivity contribution in [2.45, 2.75) is 64.0 Å². The van der Waals surface area contributed by atoms with Gasteiger partial charge in [-0.15, -0.1) is 0 Å². The van der Waals surface area contributed by atoms with Gasteiger partial charge in [-0.25, -0.2) is 0 Å². The lowest BCUT2D eigenvalue weighted by Gasteiger charge is -2.37. The highest BCUT2D eigenvalue weighted by atomic mass is 28.4. The number of hydrogen-bond donors (Lipinski definition) is 2. The van der Waals surface area contributed by atoms with Crippen LogP contribution in [-0.2, 0) is 4.12 Å². The third-order valence-corrected chi connectivity index (χ3v) is 13.5. The van der Waals surface area contributed by atoms with Crippen molar-refractivity contribution in [3.05, 3.63) is 0 Å². The topological polar surface area (TPSA) is 49.7 Å². The van der Waals surface area contributed by atoms with Gasteiger partial charge in [0.1, 0.15) is 0 Å². The van der Waals surface area contributed by atoms with Gasteiger partial charge in [0.25, 0.3) is 0 Å². The summed E-state index contributed by atoms with van der Waals surface area (Å²) in [5.41, 5.74) is 0. The lowest BCUT2D eigenvalue weighted by atomic mass is 10.5. The Morgan fingerprint density at radius 1 is 0.824 bits per heavy atom. The van der Waals surface area contributed by atoms with Crippen molar-refractivity contribution in [2.24, 2.45) is 0 Å². The molecule has 0 rings (SSSR count). The first-order valence-corrected chi connectivity index (χ1v) is 12.5. The summed E-state index contributed by atoms with van der Waals surface area (Å²) < 4.78 is 6.58. The van der Waals surface area contributed by atoms with Crippen molar-refractivity contribution >= 4 is 16.6 Å². The van der Waals surface area contributed by atoms with E-state index in [4.69, 9.17) is 14.3 Å². The van der Waals surface area contributed by atoms with Crippen LogP contribution in [0.25, 0.3) is 0 Å². The number of aliphatic hydroxyl groups is 2. The number of rotatable bonds is 10. The van der Waals surface area contributed by atoms with Gasteiger partial charge in [-0.2, -0.15) is 0 Å². The van der Waals surface area contributed by atoms with Crippen LogP contribution in [0.4, 0.5) is 0 Å². The van der Waals surface area contributed by atoms with Crippen LogP contribution >= 0.6 is 0 Å². The minimum absolute atomic E-state index is 0.271. The molecule has 0 aliphatic rings. The highest BCUT2D eigenvalue weighted by Crippen LogP contribution is 2.28. The summed E-state index contributed by atoms with van der Waals surface area (Å²) in [5, 5.41) is 17.9. The van der Waals surface area contributed by atoms with Gasteiger partial charge in [0.05, 0.1) is 0 Å². The predicted octanol–water partition coefficient (Wildman–Crippen LogP) is 2.96. The summed E-state index contributed by atoms with van der Waals surface area (Å²) in [5.74, 6) is 0. The Labute approximate surface area is 108 Å². The lowest BCUT2D eigenvalue weighted by Crippen LogP contribution is -2.47. The molecule has 0 heterocycles. The maximum atomic E-state index is 8.97. The molecule has 3 nitrogen and oxygen atoms in total. The molecule has 0 aliphatic carbocycles. The minimum atomic E-state index is -1.63. The van der Waals surface area contributed by atoms with Gasteiger partial charge in [-0.05, 0) is 50.1 Å². The van der Waals surface area contributed by atoms with E-state index in [1.54, 1.807) is 0 Å². The summed E-state index contributed by atoms with van der Waals surface area (Å²) in [4.78, 5) is 0. The highest BCUT2D eigenvalue weighted by molar-refractivity contribution is 6.86. The van der Waals surface area contributed by atoms with Crippen molar-refractivity contribution in [1.29, 1.82) is 0 Å². The van der Waals surface area contributed by atoms with Gasteiger partial charge in [0.15, 0.2) is 16.6 Å². The zero-order chi connectivity index (χ0) is 13.4. The SMILES string of the molecule is CC[Si](C)(CCCO)O[Si](C)(CC)CCCO. The fraction of sp³-hybridized carbons (Fsp3) is 1.00. The van der Waals surface area contributed by atoms with Crippen LogP contribution in [-0.4, -0.2) is 40.1 Å². The van der Waals surface area contributed by atoms with Gasteiger partial charge >= 0.3 is 0 Å². The molecule has 104 valence electrons. The third-order valence-electron chi connectivity index (χ3n) is 3.72. The van der Waals surface area contributed by atoms with Gasteiger partial charge in [-0.1, -0.05) is 13.8 Å². The van der Waals surface area contributed by atoms with E-state index < -0.39 is 16.6 Å². The van der Waals surface area contributed by atoms with Crippen molar-refractivity contribution in [3.63, 3.8) is 0 Å². The zero-order valence-corrected chi connectivity index (χ0v) is 14.0. The molecule has 0 aromatic carbocycles. The normalized spacial score (nSPS) is 18.7. The Balaban J connectivity index is 4.47. The molecule has 17 heavy (non-hydrogen) atoms. The largest absolute Gasteiger partial charge is 0.455 e. The summed E-state index contributed by atoms with van der Waals surface area (Å²) in [7, 11) is -3.26. The minimum Gasteiger partial charge on any atom is -0.455 e. The van der Waals surface area contributed by atoms with Crippen LogP contribution in [0.15, 0.2) is 0 Å². The summed E-state index contributed by atoms with van der Waals surface area (Å²) >= 11 is 0. The number of hydrogen-bond acceptors (Lipinski definition) is 3. The van der Waals surface area contributed by atoms with Crippen LogP contribution < -0.4 is 0 Å². The van der Waals surface area contributed by atoms with Crippen LogP contribution in [0.3, 0.4) is 0 Å². The van der Waals surface area contributed by atoms with E-state index in [-0.39, 0.29) is 13.2 Å². The Morgan fingerprint density at radius 2 is 1.18 bits per heavy atom. The Kier molecular flexibility index (Phi) is 8.58. The molecule has 2 N–H and O–H groups in total. The zero-order valence-electron chi connectivity index (χ0n) is 12.0. The van der Waals surface area contributed by atoms with Crippen molar-refractivity contribution < 1.29 is 14.3 Å². The third kappa shape index (κ3) is 6.71. The van der Waals surface area contributed by atoms with Gasteiger partial charge in [0, 0.05) is 13.2 Å². The van der Waals surface area contributed by atoms with Crippen LogP contribution in [0.5, 0.6) is 0 Å². The fourth-order valence-corrected chi connectivity index (χ4v) is 11.4. The molecule has 0 amide bonds. The first kappa shape index (κ1) is 17.3. The van der Waals surface area contributed by atoms with Crippen LogP contribution in [0, 0.1) is 0 Å². The molecular formula is C12H30O3Si2. The van der Waals surface area contributed by atoms with Crippen molar-refractivity contribution in [2.75, 3.05) is 13.2 Å². The molecule has 0 fully saturated rings. The molecular weight excluding hydrogens is 248 g/mol. The summed E-state index contributed by atoms with van der Waals surface area (Å²) in [6.07, 6.45) is 1.73. The molecule has 2 atom stereocenters. The quantitative estimate of drug-likeness (QED) is 0.604. The molecule has 0 aromatic rings. The van der Waals surface area contributed by atoms with Crippen molar-refractivity contribution in [1.82, 2.24) is 0 Å². The molecule has 0 aromatic heterocycles. The number of aliphatic hydroxyl groups excluding tert-OH is 2. The second kappa shape index (κ2) is 8.42. The fourth-order valence-electron chi connectivity index (χ4n) is 2.10. The Bertz CT molecular complexity index is 184. The Hall–Kier alpha value is 0.314. The van der Waals surface area contributed by atoms with Gasteiger partial charge < -0.3 is 14.3 Å². The molecule has 0 radical (unpaired) electrons. The monoisotopic (exact) mass is 278 g/mol. The molecule has 0 spiro atoms. The van der Waals surface area contributed by atoms with E-state index in [0.29, 0.717) is 0 Å². The van der Waals surface area contributed by atoms with E-state index >= 15 is 0 Å². The molecule has 0 saturated heterocycles. The molecule has 2 unspecified atom stereocenters. The summed E-state index contributed by atoms with van der Waals surface area (Å²) in [6.45, 7) is 9.55. The molecule has 0 saturated carbocycles. The van der Waals surface area contributed by atoms with Crippen LogP contribution in [0.1, 0.15) is 26.7 Å². The van der Waals surface area contributed by atoms with E-state index in [0.717, 1.165) is 37.0 Å². The molecule has 5 heteroatoms. The van der Waals surface area contributed by atoms with Crippen LogP contribution in [0.2, 0.25) is 37.3 Å². The first-order chi connectivity index (χ1) is 7.95. The standard InChI is InChI=1S/C12H30O3Si2/c1-5-16(3,11-7-9-13)15-17(4,6-2)12-8-10-14/h13-14H,5-12H2,1-4H3. The highest BCUT2D eigenvalue weighted by Gasteiger charge is 2.36. The molecule has 0 bridgehead atoms. The lowest BCUT2D eigenvalue weighted by molar-refractivity contribution is 0.290. The van der Waals surface area contributed by atoms with Crippen molar-refractivity contribution in [3.8, 4) is 0 Å². The average Bonchev–Trinajstić information content (AvgIpc) is 2.34. The van der Waals surface area contributed by atoms with E-state index in [1.807, 2.05) is 0 Å². The van der Waals surface area contributed by atoms with E-state index in [2.05, 4.69) is 26.9 Å². The van der Waals surface area contributed by atoms with Gasteiger partial charge in [-0.3, -0.25) is 0 Å². The second-order valence-electron chi connectivity index (χ2n) is 5.36. The predicted molar refractivity (Wildman–Crippen MR) is 78.3 cm³/mol. The first-order valence-electron chi connectivity index (χ1n) is 6.87. The smallest absolute Gasteiger partial charge is 0.176 e. The maximum Gasteiger partial charge on any atom is 0.176 e. The average molecular weight is 279 g/mol. The maximum absolute atomic E-state index is 8.97.